The van der Waals surface area contributed by atoms with Crippen LogP contribution in [-0.2, 0) is 9.59 Å². The van der Waals surface area contributed by atoms with E-state index in [0.29, 0.717) is 25.3 Å². The molecule has 1 spiro atoms. The molecule has 1 aromatic heterocycles. The number of carbonyl (C=O) groups excluding carboxylic acids is 3. The average molecular weight is 446 g/mol. The fraction of sp³-hybridized carbons (Fsp3) is 0.708. The van der Waals surface area contributed by atoms with E-state index in [1.807, 2.05) is 12.1 Å². The van der Waals surface area contributed by atoms with Crippen LogP contribution in [0.2, 0.25) is 0 Å². The summed E-state index contributed by atoms with van der Waals surface area (Å²) < 4.78 is 5.65. The van der Waals surface area contributed by atoms with Crippen molar-refractivity contribution in [2.45, 2.75) is 70.9 Å². The first-order valence-corrected chi connectivity index (χ1v) is 12.0. The van der Waals surface area contributed by atoms with Crippen molar-refractivity contribution in [1.29, 1.82) is 0 Å². The third-order valence-electron chi connectivity index (χ3n) is 7.30. The highest BCUT2D eigenvalue weighted by atomic mass is 16.3. The molecule has 1 saturated carbocycles. The van der Waals surface area contributed by atoms with Gasteiger partial charge in [-0.1, -0.05) is 20.8 Å². The van der Waals surface area contributed by atoms with Gasteiger partial charge in [0.15, 0.2) is 11.8 Å². The molecule has 32 heavy (non-hydrogen) atoms. The van der Waals surface area contributed by atoms with Crippen molar-refractivity contribution in [3.63, 3.8) is 0 Å². The molecular formula is C24H37N4O4+. The normalized spacial score (nSPS) is 29.2. The third-order valence-corrected chi connectivity index (χ3v) is 7.30. The van der Waals surface area contributed by atoms with E-state index in [1.165, 1.54) is 24.2 Å². The molecule has 0 radical (unpaired) electrons. The van der Waals surface area contributed by atoms with E-state index in [4.69, 9.17) is 4.42 Å². The lowest BCUT2D eigenvalue weighted by Crippen LogP contribution is -3.13. The molecule has 2 saturated heterocycles. The van der Waals surface area contributed by atoms with Gasteiger partial charge in [-0.3, -0.25) is 14.5 Å². The molecule has 4 rings (SSSR count). The molecule has 8 heteroatoms. The highest BCUT2D eigenvalue weighted by molar-refractivity contribution is 6.09. The molecule has 3 fully saturated rings. The van der Waals surface area contributed by atoms with Crippen LogP contribution >= 0.6 is 0 Å². The van der Waals surface area contributed by atoms with Crippen LogP contribution in [0.3, 0.4) is 0 Å². The smallest absolute Gasteiger partial charge is 0.325 e. The van der Waals surface area contributed by atoms with E-state index < -0.39 is 11.6 Å². The Morgan fingerprint density at radius 2 is 2.03 bits per heavy atom. The lowest BCUT2D eigenvalue weighted by atomic mass is 9.64. The molecule has 0 unspecified atom stereocenters. The van der Waals surface area contributed by atoms with E-state index >= 15 is 0 Å². The second-order valence-electron chi connectivity index (χ2n) is 10.8. The van der Waals surface area contributed by atoms with Gasteiger partial charge in [-0.05, 0) is 62.0 Å². The number of furan rings is 1. The average Bonchev–Trinajstić information content (AvgIpc) is 3.31. The largest absolute Gasteiger partial charge is 0.463 e. The van der Waals surface area contributed by atoms with Gasteiger partial charge in [0.2, 0.25) is 5.91 Å². The van der Waals surface area contributed by atoms with E-state index in [9.17, 15) is 14.4 Å². The van der Waals surface area contributed by atoms with Gasteiger partial charge in [0, 0.05) is 0 Å². The summed E-state index contributed by atoms with van der Waals surface area (Å²) in [7, 11) is 0. The van der Waals surface area contributed by atoms with Crippen molar-refractivity contribution in [1.82, 2.24) is 15.5 Å². The Balaban J connectivity index is 1.39. The minimum absolute atomic E-state index is 0.0312. The molecule has 8 nitrogen and oxygen atoms in total. The van der Waals surface area contributed by atoms with Crippen molar-refractivity contribution < 1.29 is 23.7 Å². The number of carbonyl (C=O) groups is 3. The van der Waals surface area contributed by atoms with E-state index in [1.54, 1.807) is 6.26 Å². The van der Waals surface area contributed by atoms with Gasteiger partial charge in [-0.25, -0.2) is 4.79 Å². The predicted molar refractivity (Wildman–Crippen MR) is 119 cm³/mol. The van der Waals surface area contributed by atoms with Crippen LogP contribution in [0.1, 0.15) is 71.1 Å². The number of imide groups is 1. The zero-order valence-electron chi connectivity index (χ0n) is 19.5. The first-order valence-electron chi connectivity index (χ1n) is 12.0. The van der Waals surface area contributed by atoms with Crippen molar-refractivity contribution in [2.75, 3.05) is 26.2 Å². The number of rotatable bonds is 6. The molecule has 3 atom stereocenters. The molecule has 4 amide bonds. The number of amides is 4. The van der Waals surface area contributed by atoms with Crippen LogP contribution in [0.15, 0.2) is 22.8 Å². The molecular weight excluding hydrogens is 408 g/mol. The summed E-state index contributed by atoms with van der Waals surface area (Å²) in [5.74, 6) is 0.607. The molecule has 0 aromatic carbocycles. The van der Waals surface area contributed by atoms with E-state index in [2.05, 4.69) is 31.4 Å². The Labute approximate surface area is 190 Å². The predicted octanol–water partition coefficient (Wildman–Crippen LogP) is 1.64. The second-order valence-corrected chi connectivity index (χ2v) is 10.8. The number of likely N-dealkylation sites (tertiary alicyclic amines) is 1. The van der Waals surface area contributed by atoms with Gasteiger partial charge < -0.3 is 20.0 Å². The molecule has 2 aliphatic heterocycles. The van der Waals surface area contributed by atoms with Crippen LogP contribution < -0.4 is 15.5 Å². The fourth-order valence-electron chi connectivity index (χ4n) is 6.36. The Bertz CT molecular complexity index is 846. The molecule has 176 valence electrons. The molecule has 3 aliphatic rings. The van der Waals surface area contributed by atoms with Crippen LogP contribution in [0.5, 0.6) is 0 Å². The minimum Gasteiger partial charge on any atom is -0.463 e. The zero-order valence-corrected chi connectivity index (χ0v) is 19.5. The van der Waals surface area contributed by atoms with Crippen molar-refractivity contribution in [3.8, 4) is 0 Å². The Kier molecular flexibility index (Phi) is 6.34. The number of piperidine rings is 1. The lowest BCUT2D eigenvalue weighted by molar-refractivity contribution is -0.936. The summed E-state index contributed by atoms with van der Waals surface area (Å²) in [4.78, 5) is 41.2. The summed E-state index contributed by atoms with van der Waals surface area (Å²) in [6.45, 7) is 8.65. The summed E-state index contributed by atoms with van der Waals surface area (Å²) in [6, 6.07) is 3.39. The molecule has 3 N–H and O–H groups in total. The first kappa shape index (κ1) is 22.8. The van der Waals surface area contributed by atoms with Crippen LogP contribution in [-0.4, -0.2) is 54.5 Å². The van der Waals surface area contributed by atoms with E-state index in [-0.39, 0.29) is 29.8 Å². The van der Waals surface area contributed by atoms with Crippen molar-refractivity contribution in [2.24, 2.45) is 11.3 Å². The number of quaternary nitrogens is 1. The molecule has 0 bridgehead atoms. The second kappa shape index (κ2) is 8.89. The highest BCUT2D eigenvalue weighted by Crippen LogP contribution is 2.46. The lowest BCUT2D eigenvalue weighted by Gasteiger charge is -2.43. The zero-order chi connectivity index (χ0) is 22.9. The van der Waals surface area contributed by atoms with Gasteiger partial charge in [-0.15, -0.1) is 0 Å². The third kappa shape index (κ3) is 4.70. The Hall–Kier alpha value is -2.35. The maximum absolute atomic E-state index is 13.3. The van der Waals surface area contributed by atoms with Crippen molar-refractivity contribution >= 4 is 17.8 Å². The molecule has 1 aliphatic carbocycles. The summed E-state index contributed by atoms with van der Waals surface area (Å²) in [6.07, 6.45) is 7.48. The maximum atomic E-state index is 13.3. The fourth-order valence-corrected chi connectivity index (χ4v) is 6.36. The van der Waals surface area contributed by atoms with Gasteiger partial charge >= 0.3 is 6.03 Å². The van der Waals surface area contributed by atoms with Crippen LogP contribution in [0.25, 0.3) is 0 Å². The number of hydrogen-bond donors (Lipinski definition) is 3. The first-order chi connectivity index (χ1) is 15.2. The standard InChI is InChI=1S/C24H36N4O4/c1-17-12-23(2,3)16-24(13-17)21(30)28(22(31)26-24)15-20(29)25-14-18(19-8-7-11-32-19)27-9-5-4-6-10-27/h7-8,11,17-18H,4-6,9-10,12-16H2,1-3H3,(H,25,29)(H,26,31)/p+1/t17-,18-,24-/m0/s1. The van der Waals surface area contributed by atoms with Gasteiger partial charge in [0.05, 0.1) is 25.9 Å². The van der Waals surface area contributed by atoms with E-state index in [0.717, 1.165) is 30.2 Å². The Morgan fingerprint density at radius 1 is 1.28 bits per heavy atom. The minimum atomic E-state index is -0.882. The van der Waals surface area contributed by atoms with Gasteiger partial charge in [-0.2, -0.15) is 0 Å². The SMILES string of the molecule is C[C@H]1CC(C)(C)C[C@]2(C1)NC(=O)N(CC(=O)NC[C@@H](c1ccco1)[NH+]1CCCCC1)C2=O. The van der Waals surface area contributed by atoms with Crippen LogP contribution in [0, 0.1) is 11.3 Å². The van der Waals surface area contributed by atoms with Crippen molar-refractivity contribution in [3.05, 3.63) is 24.2 Å². The van der Waals surface area contributed by atoms with Crippen LogP contribution in [0.4, 0.5) is 4.79 Å². The number of hydrogen-bond acceptors (Lipinski definition) is 4. The summed E-state index contributed by atoms with van der Waals surface area (Å²) in [5, 5.41) is 5.90. The molecule has 3 heterocycles. The molecule has 1 aromatic rings. The quantitative estimate of drug-likeness (QED) is 0.580. The highest BCUT2D eigenvalue weighted by Gasteiger charge is 2.56. The van der Waals surface area contributed by atoms with Gasteiger partial charge in [0.25, 0.3) is 5.91 Å². The Morgan fingerprint density at radius 3 is 2.69 bits per heavy atom. The topological polar surface area (TPSA) is 96.1 Å². The summed E-state index contributed by atoms with van der Waals surface area (Å²) >= 11 is 0. The number of urea groups is 1. The number of nitrogens with one attached hydrogen (secondary N) is 3. The maximum Gasteiger partial charge on any atom is 0.325 e. The summed E-state index contributed by atoms with van der Waals surface area (Å²) in [5.41, 5.74) is -0.917. The number of nitrogens with zero attached hydrogens (tertiary/aromatic N) is 1. The monoisotopic (exact) mass is 445 g/mol. The van der Waals surface area contributed by atoms with Gasteiger partial charge in [0.1, 0.15) is 12.1 Å².